The first kappa shape index (κ1) is 24.5. The highest BCUT2D eigenvalue weighted by Gasteiger charge is 2.19. The van der Waals surface area contributed by atoms with E-state index in [1.54, 1.807) is 0 Å². The zero-order chi connectivity index (χ0) is 29.0. The summed E-state index contributed by atoms with van der Waals surface area (Å²) in [6.45, 7) is 0. The van der Waals surface area contributed by atoms with Crippen molar-refractivity contribution in [1.82, 2.24) is 19.5 Å². The van der Waals surface area contributed by atoms with Crippen LogP contribution in [-0.4, -0.2) is 19.5 Å². The van der Waals surface area contributed by atoms with Crippen molar-refractivity contribution < 1.29 is 4.42 Å². The molecule has 6 aromatic carbocycles. The lowest BCUT2D eigenvalue weighted by molar-refractivity contribution is 0.670. The molecule has 0 aliphatic rings. The van der Waals surface area contributed by atoms with Gasteiger partial charge in [0.15, 0.2) is 11.6 Å². The molecule has 44 heavy (non-hydrogen) atoms. The summed E-state index contributed by atoms with van der Waals surface area (Å²) in [4.78, 5) is 15.2. The van der Waals surface area contributed by atoms with E-state index in [9.17, 15) is 0 Å². The molecule has 0 radical (unpaired) electrons. The van der Waals surface area contributed by atoms with Gasteiger partial charge in [0.25, 0.3) is 0 Å². The summed E-state index contributed by atoms with van der Waals surface area (Å²) in [5.41, 5.74) is 7.82. The molecular weight excluding hydrogens is 540 g/mol. The van der Waals surface area contributed by atoms with Gasteiger partial charge in [0.1, 0.15) is 11.2 Å². The highest BCUT2D eigenvalue weighted by Crippen LogP contribution is 2.38. The quantitative estimate of drug-likeness (QED) is 0.213. The van der Waals surface area contributed by atoms with Gasteiger partial charge in [-0.3, -0.25) is 4.57 Å². The zero-order valence-corrected chi connectivity index (χ0v) is 23.6. The number of benzene rings is 6. The topological polar surface area (TPSA) is 56.7 Å². The highest BCUT2D eigenvalue weighted by molar-refractivity contribution is 6.11. The second kappa shape index (κ2) is 9.75. The highest BCUT2D eigenvalue weighted by atomic mass is 16.3. The molecule has 0 N–H and O–H groups in total. The Labute approximate surface area is 252 Å². The van der Waals surface area contributed by atoms with Crippen molar-refractivity contribution in [3.05, 3.63) is 146 Å². The van der Waals surface area contributed by atoms with Crippen molar-refractivity contribution in [2.45, 2.75) is 0 Å². The first-order valence-corrected chi connectivity index (χ1v) is 14.6. The van der Waals surface area contributed by atoms with Crippen LogP contribution in [0.4, 0.5) is 0 Å². The Morgan fingerprint density at radius 3 is 1.73 bits per heavy atom. The molecule has 0 amide bonds. The van der Waals surface area contributed by atoms with Gasteiger partial charge in [0.2, 0.25) is 5.95 Å². The lowest BCUT2D eigenvalue weighted by atomic mass is 10.0. The number of rotatable bonds is 4. The zero-order valence-electron chi connectivity index (χ0n) is 23.6. The van der Waals surface area contributed by atoms with E-state index in [2.05, 4.69) is 102 Å². The first-order valence-electron chi connectivity index (χ1n) is 14.6. The lowest BCUT2D eigenvalue weighted by Crippen LogP contribution is -2.06. The molecular formula is C39H24N4O. The van der Waals surface area contributed by atoms with Crippen molar-refractivity contribution in [2.24, 2.45) is 0 Å². The van der Waals surface area contributed by atoms with E-state index >= 15 is 0 Å². The molecule has 0 bridgehead atoms. The number of aromatic nitrogens is 4. The van der Waals surface area contributed by atoms with E-state index in [1.807, 2.05) is 48.5 Å². The molecule has 206 valence electrons. The minimum Gasteiger partial charge on any atom is -0.455 e. The summed E-state index contributed by atoms with van der Waals surface area (Å²) in [6.07, 6.45) is 0. The van der Waals surface area contributed by atoms with Crippen LogP contribution < -0.4 is 0 Å². The summed E-state index contributed by atoms with van der Waals surface area (Å²) in [5, 5.41) is 4.40. The summed E-state index contributed by atoms with van der Waals surface area (Å²) < 4.78 is 8.58. The first-order chi connectivity index (χ1) is 21.8. The van der Waals surface area contributed by atoms with Crippen molar-refractivity contribution in [2.75, 3.05) is 0 Å². The molecule has 0 unspecified atom stereocenters. The van der Waals surface area contributed by atoms with Crippen LogP contribution in [0.1, 0.15) is 0 Å². The monoisotopic (exact) mass is 564 g/mol. The Kier molecular flexibility index (Phi) is 5.43. The summed E-state index contributed by atoms with van der Waals surface area (Å²) in [7, 11) is 0. The number of furan rings is 1. The molecule has 5 heteroatoms. The standard InChI is InChI=1S/C39H24N4O/c1-3-12-25(13-4-1)28-18-11-19-31-32-24-27(22-23-35(32)44-36(28)31)38-40-37(26-14-5-2-6-15-26)41-39(42-38)43-33-20-9-7-16-29(33)30-17-8-10-21-34(30)43/h1-24H. The third kappa shape index (κ3) is 3.83. The van der Waals surface area contributed by atoms with Crippen LogP contribution in [0.25, 0.3) is 83.6 Å². The molecule has 0 saturated heterocycles. The van der Waals surface area contributed by atoms with Crippen LogP contribution >= 0.6 is 0 Å². The molecule has 0 atom stereocenters. The van der Waals surface area contributed by atoms with Gasteiger partial charge in [-0.2, -0.15) is 9.97 Å². The van der Waals surface area contributed by atoms with Gasteiger partial charge >= 0.3 is 0 Å². The van der Waals surface area contributed by atoms with Crippen molar-refractivity contribution in [3.63, 3.8) is 0 Å². The van der Waals surface area contributed by atoms with Gasteiger partial charge in [-0.15, -0.1) is 0 Å². The maximum absolute atomic E-state index is 6.44. The van der Waals surface area contributed by atoms with E-state index in [-0.39, 0.29) is 0 Å². The maximum Gasteiger partial charge on any atom is 0.238 e. The second-order valence-electron chi connectivity index (χ2n) is 10.9. The molecule has 9 aromatic rings. The minimum atomic E-state index is 0.578. The fourth-order valence-corrected chi connectivity index (χ4v) is 6.23. The molecule has 9 rings (SSSR count). The molecule has 3 heterocycles. The number of nitrogens with zero attached hydrogens (tertiary/aromatic N) is 4. The van der Waals surface area contributed by atoms with E-state index in [1.165, 1.54) is 0 Å². The van der Waals surface area contributed by atoms with Crippen LogP contribution in [-0.2, 0) is 0 Å². The van der Waals surface area contributed by atoms with Gasteiger partial charge in [-0.1, -0.05) is 115 Å². The number of para-hydroxylation sites is 3. The van der Waals surface area contributed by atoms with Crippen molar-refractivity contribution in [3.8, 4) is 39.9 Å². The van der Waals surface area contributed by atoms with Crippen LogP contribution in [0.5, 0.6) is 0 Å². The van der Waals surface area contributed by atoms with E-state index in [0.29, 0.717) is 17.6 Å². The predicted octanol–water partition coefficient (Wildman–Crippen LogP) is 9.87. The van der Waals surface area contributed by atoms with Crippen LogP contribution in [0.15, 0.2) is 150 Å². The Morgan fingerprint density at radius 1 is 0.432 bits per heavy atom. The average molecular weight is 565 g/mol. The van der Waals surface area contributed by atoms with Crippen molar-refractivity contribution >= 4 is 43.7 Å². The Morgan fingerprint density at radius 2 is 1.02 bits per heavy atom. The number of fused-ring (bicyclic) bond motifs is 6. The number of hydrogen-bond donors (Lipinski definition) is 0. The smallest absolute Gasteiger partial charge is 0.238 e. The average Bonchev–Trinajstić information content (AvgIpc) is 3.64. The SMILES string of the molecule is c1ccc(-c2nc(-c3ccc4oc5c(-c6ccccc6)cccc5c4c3)nc(-n3c4ccccc4c4ccccc43)n2)cc1. The van der Waals surface area contributed by atoms with E-state index in [4.69, 9.17) is 19.4 Å². The number of hydrogen-bond acceptors (Lipinski definition) is 4. The Bertz CT molecular complexity index is 2440. The third-order valence-electron chi connectivity index (χ3n) is 8.28. The van der Waals surface area contributed by atoms with Crippen molar-refractivity contribution in [1.29, 1.82) is 0 Å². The lowest BCUT2D eigenvalue weighted by Gasteiger charge is -2.11. The van der Waals surface area contributed by atoms with E-state index in [0.717, 1.165) is 66.0 Å². The molecule has 0 aliphatic carbocycles. The molecule has 0 aliphatic heterocycles. The molecule has 3 aromatic heterocycles. The second-order valence-corrected chi connectivity index (χ2v) is 10.9. The predicted molar refractivity (Wildman–Crippen MR) is 178 cm³/mol. The van der Waals surface area contributed by atoms with Gasteiger partial charge in [0.05, 0.1) is 11.0 Å². The Balaban J connectivity index is 1.29. The third-order valence-corrected chi connectivity index (χ3v) is 8.28. The van der Waals surface area contributed by atoms with Crippen LogP contribution in [0.2, 0.25) is 0 Å². The maximum atomic E-state index is 6.44. The Hall–Kier alpha value is -6.07. The largest absolute Gasteiger partial charge is 0.455 e. The molecule has 0 fully saturated rings. The molecule has 0 saturated carbocycles. The summed E-state index contributed by atoms with van der Waals surface area (Å²) in [5.74, 6) is 1.80. The van der Waals surface area contributed by atoms with Gasteiger partial charge in [-0.25, -0.2) is 4.98 Å². The van der Waals surface area contributed by atoms with Gasteiger partial charge < -0.3 is 4.42 Å². The molecule has 0 spiro atoms. The van der Waals surface area contributed by atoms with Gasteiger partial charge in [0, 0.05) is 38.2 Å². The minimum absolute atomic E-state index is 0.578. The summed E-state index contributed by atoms with van der Waals surface area (Å²) in [6, 6.07) is 49.7. The van der Waals surface area contributed by atoms with E-state index < -0.39 is 0 Å². The summed E-state index contributed by atoms with van der Waals surface area (Å²) >= 11 is 0. The van der Waals surface area contributed by atoms with Crippen LogP contribution in [0.3, 0.4) is 0 Å². The molecule has 5 nitrogen and oxygen atoms in total. The normalized spacial score (nSPS) is 11.6. The van der Waals surface area contributed by atoms with Crippen LogP contribution in [0, 0.1) is 0 Å². The fourth-order valence-electron chi connectivity index (χ4n) is 6.23. The van der Waals surface area contributed by atoms with Gasteiger partial charge in [-0.05, 0) is 35.9 Å². The fraction of sp³-hybridized carbons (Fsp3) is 0.